The molecule has 0 bridgehead atoms. The number of carbonyl (C=O) groups is 2. The van der Waals surface area contributed by atoms with Gasteiger partial charge in [0.2, 0.25) is 5.91 Å². The Morgan fingerprint density at radius 3 is 2.74 bits per heavy atom. The zero-order chi connectivity index (χ0) is 22.9. The molecule has 1 aliphatic heterocycles. The summed E-state index contributed by atoms with van der Waals surface area (Å²) in [4.78, 5) is 36.2. The summed E-state index contributed by atoms with van der Waals surface area (Å²) >= 11 is 6.61. The Bertz CT molecular complexity index is 966. The first-order valence-electron chi connectivity index (χ1n) is 10.6. The van der Waals surface area contributed by atoms with Gasteiger partial charge in [0.15, 0.2) is 0 Å². The smallest absolute Gasteiger partial charge is 0.410 e. The van der Waals surface area contributed by atoms with Gasteiger partial charge >= 0.3 is 6.09 Å². The van der Waals surface area contributed by atoms with Crippen molar-refractivity contribution in [1.82, 2.24) is 14.9 Å². The Labute approximate surface area is 188 Å². The summed E-state index contributed by atoms with van der Waals surface area (Å²) in [6, 6.07) is -0.0180. The van der Waals surface area contributed by atoms with E-state index in [-0.39, 0.29) is 24.0 Å². The van der Waals surface area contributed by atoms with Gasteiger partial charge in [-0.1, -0.05) is 25.4 Å². The maximum absolute atomic E-state index is 12.6. The molecule has 2 N–H and O–H groups in total. The van der Waals surface area contributed by atoms with Crippen molar-refractivity contribution in [2.75, 3.05) is 30.4 Å². The first-order valence-corrected chi connectivity index (χ1v) is 11.0. The van der Waals surface area contributed by atoms with Gasteiger partial charge in [-0.05, 0) is 33.6 Å². The van der Waals surface area contributed by atoms with Crippen LogP contribution in [-0.4, -0.2) is 58.6 Å². The largest absolute Gasteiger partial charge is 0.444 e. The van der Waals surface area contributed by atoms with Crippen LogP contribution < -0.4 is 10.2 Å². The molecular weight excluding hydrogens is 418 g/mol. The van der Waals surface area contributed by atoms with Crippen LogP contribution in [0.2, 0.25) is 5.02 Å². The van der Waals surface area contributed by atoms with Crippen molar-refractivity contribution in [1.29, 1.82) is 0 Å². The molecule has 2 aromatic heterocycles. The Morgan fingerprint density at radius 2 is 2.10 bits per heavy atom. The molecule has 1 atom stereocenters. The molecule has 170 valence electrons. The lowest BCUT2D eigenvalue weighted by molar-refractivity contribution is -0.118. The summed E-state index contributed by atoms with van der Waals surface area (Å²) in [6.45, 7) is 10.7. The van der Waals surface area contributed by atoms with Crippen LogP contribution in [0.5, 0.6) is 0 Å². The normalized spacial score (nSPS) is 17.2. The quantitative estimate of drug-likeness (QED) is 0.709. The lowest BCUT2D eigenvalue weighted by Crippen LogP contribution is -2.50. The third-order valence-electron chi connectivity index (χ3n) is 5.35. The second-order valence-electron chi connectivity index (χ2n) is 9.36. The lowest BCUT2D eigenvalue weighted by atomic mass is 10.0. The summed E-state index contributed by atoms with van der Waals surface area (Å²) in [7, 11) is 1.77. The summed E-state index contributed by atoms with van der Waals surface area (Å²) in [5.41, 5.74) is 1.58. The van der Waals surface area contributed by atoms with E-state index in [0.29, 0.717) is 22.9 Å². The summed E-state index contributed by atoms with van der Waals surface area (Å²) in [5, 5.41) is 4.26. The van der Waals surface area contributed by atoms with Crippen LogP contribution in [0.3, 0.4) is 0 Å². The molecule has 1 fully saturated rings. The van der Waals surface area contributed by atoms with E-state index in [0.717, 1.165) is 30.5 Å². The number of halogens is 1. The maximum Gasteiger partial charge on any atom is 0.410 e. The van der Waals surface area contributed by atoms with Crippen molar-refractivity contribution in [3.05, 3.63) is 17.4 Å². The van der Waals surface area contributed by atoms with Gasteiger partial charge in [-0.3, -0.25) is 4.79 Å². The number of aromatic nitrogens is 2. The Morgan fingerprint density at radius 1 is 1.39 bits per heavy atom. The number of aromatic amines is 1. The van der Waals surface area contributed by atoms with Crippen molar-refractivity contribution in [3.63, 3.8) is 0 Å². The van der Waals surface area contributed by atoms with Crippen LogP contribution >= 0.6 is 11.6 Å². The fourth-order valence-electron chi connectivity index (χ4n) is 3.70. The molecule has 9 heteroatoms. The van der Waals surface area contributed by atoms with Gasteiger partial charge in [-0.2, -0.15) is 0 Å². The van der Waals surface area contributed by atoms with Gasteiger partial charge in [0, 0.05) is 32.3 Å². The zero-order valence-corrected chi connectivity index (χ0v) is 19.8. The summed E-state index contributed by atoms with van der Waals surface area (Å²) < 4.78 is 5.54. The van der Waals surface area contributed by atoms with E-state index in [9.17, 15) is 9.59 Å². The van der Waals surface area contributed by atoms with Crippen LogP contribution in [-0.2, 0) is 9.53 Å². The molecule has 2 amide bonds. The van der Waals surface area contributed by atoms with Crippen LogP contribution in [0.4, 0.5) is 16.2 Å². The minimum Gasteiger partial charge on any atom is -0.444 e. The summed E-state index contributed by atoms with van der Waals surface area (Å²) in [6.07, 6.45) is 4.80. The molecule has 0 radical (unpaired) electrons. The minimum absolute atomic E-state index is 0.0180. The molecular formula is C22H32ClN5O3. The van der Waals surface area contributed by atoms with Crippen molar-refractivity contribution in [2.45, 2.75) is 59.1 Å². The number of rotatable bonds is 4. The van der Waals surface area contributed by atoms with Crippen LogP contribution in [0.15, 0.2) is 12.4 Å². The number of piperidine rings is 1. The predicted molar refractivity (Wildman–Crippen MR) is 124 cm³/mol. The van der Waals surface area contributed by atoms with Gasteiger partial charge in [-0.15, -0.1) is 0 Å². The minimum atomic E-state index is -0.547. The first kappa shape index (κ1) is 23.2. The Hall–Kier alpha value is -2.48. The third-order valence-corrected chi connectivity index (χ3v) is 5.63. The lowest BCUT2D eigenvalue weighted by Gasteiger charge is -2.39. The van der Waals surface area contributed by atoms with Gasteiger partial charge in [0.1, 0.15) is 11.2 Å². The third kappa shape index (κ3) is 5.23. The summed E-state index contributed by atoms with van der Waals surface area (Å²) in [5.74, 6) is -0.226. The van der Waals surface area contributed by atoms with Crippen molar-refractivity contribution in [2.24, 2.45) is 5.92 Å². The van der Waals surface area contributed by atoms with Crippen LogP contribution in [0, 0.1) is 5.92 Å². The topological polar surface area (TPSA) is 90.6 Å². The Kier molecular flexibility index (Phi) is 6.69. The van der Waals surface area contributed by atoms with Crippen molar-refractivity contribution >= 4 is 46.0 Å². The maximum atomic E-state index is 12.6. The average Bonchev–Trinajstić information content (AvgIpc) is 3.08. The second kappa shape index (κ2) is 8.94. The predicted octanol–water partition coefficient (Wildman–Crippen LogP) is 4.65. The monoisotopic (exact) mass is 449 g/mol. The van der Waals surface area contributed by atoms with E-state index >= 15 is 0 Å². The molecule has 1 aliphatic rings. The van der Waals surface area contributed by atoms with Gasteiger partial charge in [0.05, 0.1) is 34.0 Å². The number of anilines is 2. The van der Waals surface area contributed by atoms with E-state index in [1.807, 2.05) is 34.6 Å². The molecule has 0 saturated carbocycles. The number of pyridine rings is 1. The van der Waals surface area contributed by atoms with Gasteiger partial charge in [0.25, 0.3) is 0 Å². The molecule has 31 heavy (non-hydrogen) atoms. The molecule has 2 aromatic rings. The highest BCUT2D eigenvalue weighted by atomic mass is 35.5. The number of H-pyrrole nitrogens is 1. The van der Waals surface area contributed by atoms with E-state index in [1.54, 1.807) is 24.3 Å². The number of carbonyl (C=O) groups excluding carboxylic acids is 2. The van der Waals surface area contributed by atoms with E-state index in [2.05, 4.69) is 20.2 Å². The molecule has 0 aromatic carbocycles. The SMILES string of the molecule is CC(C)C(=O)Nc1c[nH]c2ncc(Cl)c(N3CCCC(N(C)C(=O)OC(C)(C)C)C3)c12. The highest BCUT2D eigenvalue weighted by Gasteiger charge is 2.31. The number of amides is 2. The molecule has 1 saturated heterocycles. The van der Waals surface area contributed by atoms with Crippen LogP contribution in [0.1, 0.15) is 47.5 Å². The van der Waals surface area contributed by atoms with E-state index in [4.69, 9.17) is 16.3 Å². The van der Waals surface area contributed by atoms with Crippen molar-refractivity contribution in [3.8, 4) is 0 Å². The number of nitrogens with one attached hydrogen (secondary N) is 2. The number of likely N-dealkylation sites (N-methyl/N-ethyl adjacent to an activating group) is 1. The highest BCUT2D eigenvalue weighted by Crippen LogP contribution is 2.39. The first-order chi connectivity index (χ1) is 14.5. The average molecular weight is 450 g/mol. The number of hydrogen-bond acceptors (Lipinski definition) is 5. The van der Waals surface area contributed by atoms with Gasteiger partial charge in [-0.25, -0.2) is 9.78 Å². The fraction of sp³-hybridized carbons (Fsp3) is 0.591. The molecule has 1 unspecified atom stereocenters. The molecule has 0 aliphatic carbocycles. The van der Waals surface area contributed by atoms with E-state index < -0.39 is 5.60 Å². The fourth-order valence-corrected chi connectivity index (χ4v) is 3.96. The highest BCUT2D eigenvalue weighted by molar-refractivity contribution is 6.35. The number of ether oxygens (including phenoxy) is 1. The number of nitrogens with zero attached hydrogens (tertiary/aromatic N) is 3. The number of hydrogen-bond donors (Lipinski definition) is 2. The molecule has 3 heterocycles. The Balaban J connectivity index is 1.90. The number of fused-ring (bicyclic) bond motifs is 1. The molecule has 0 spiro atoms. The van der Waals surface area contributed by atoms with Crippen molar-refractivity contribution < 1.29 is 14.3 Å². The van der Waals surface area contributed by atoms with Crippen LogP contribution in [0.25, 0.3) is 11.0 Å². The molecule has 8 nitrogen and oxygen atoms in total. The second-order valence-corrected chi connectivity index (χ2v) is 9.77. The zero-order valence-electron chi connectivity index (χ0n) is 19.1. The standard InChI is InChI=1S/C22H32ClN5O3/c1-13(2)20(29)26-16-11-25-19-17(16)18(15(23)10-24-19)28-9-7-8-14(12-28)27(6)21(30)31-22(3,4)5/h10-11,13-14H,7-9,12H2,1-6H3,(H,24,25)(H,26,29). The van der Waals surface area contributed by atoms with Gasteiger partial charge < -0.3 is 24.8 Å². The molecule has 3 rings (SSSR count). The van der Waals surface area contributed by atoms with E-state index in [1.165, 1.54) is 0 Å².